The molecule has 3 aliphatic rings. The second-order valence-electron chi connectivity index (χ2n) is 18.2. The van der Waals surface area contributed by atoms with Crippen LogP contribution in [0.3, 0.4) is 0 Å². The number of hydrogen-bond donors (Lipinski definition) is 4. The molecule has 3 saturated heterocycles. The molecule has 62 heavy (non-hydrogen) atoms. The van der Waals surface area contributed by atoms with Crippen molar-refractivity contribution < 1.29 is 14.4 Å². The molecule has 0 aliphatic carbocycles. The maximum atomic E-state index is 12.7. The third-order valence-electron chi connectivity index (χ3n) is 12.5. The minimum absolute atomic E-state index is 0.193. The van der Waals surface area contributed by atoms with Crippen molar-refractivity contribution in [1.82, 2.24) is 45.4 Å². The van der Waals surface area contributed by atoms with Crippen LogP contribution in [0.1, 0.15) is 98.0 Å². The van der Waals surface area contributed by atoms with E-state index in [1.807, 2.05) is 45.9 Å². The molecule has 14 nitrogen and oxygen atoms in total. The molecule has 0 spiro atoms. The summed E-state index contributed by atoms with van der Waals surface area (Å²) in [5.41, 5.74) is 8.43. The van der Waals surface area contributed by atoms with Crippen molar-refractivity contribution in [3.63, 3.8) is 0 Å². The minimum Gasteiger partial charge on any atom is -0.374 e. The summed E-state index contributed by atoms with van der Waals surface area (Å²) in [5.74, 6) is 1.15. The summed E-state index contributed by atoms with van der Waals surface area (Å²) in [6.45, 7) is 15.1. The topological polar surface area (TPSA) is 162 Å². The zero-order valence-corrected chi connectivity index (χ0v) is 36.4. The summed E-state index contributed by atoms with van der Waals surface area (Å²) < 4.78 is 1.69. The molecule has 0 saturated carbocycles. The molecule has 3 fully saturated rings. The Hall–Kier alpha value is -5.99. The molecular formula is C48H59N11O3. The number of likely N-dealkylation sites (tertiary alicyclic amines) is 2. The summed E-state index contributed by atoms with van der Waals surface area (Å²) in [5, 5.41) is 20.2. The number of amides is 3. The monoisotopic (exact) mass is 837 g/mol. The fraction of sp³-hybridized carbons (Fsp3) is 0.438. The highest BCUT2D eigenvalue weighted by molar-refractivity contribution is 6.01. The third kappa shape index (κ3) is 10.9. The van der Waals surface area contributed by atoms with E-state index in [1.54, 1.807) is 17.1 Å². The number of carbonyl (C=O) groups is 3. The normalized spacial score (nSPS) is 18.4. The van der Waals surface area contributed by atoms with Crippen molar-refractivity contribution in [3.05, 3.63) is 113 Å². The summed E-state index contributed by atoms with van der Waals surface area (Å²) >= 11 is 0. The summed E-state index contributed by atoms with van der Waals surface area (Å²) in [4.78, 5) is 50.9. The van der Waals surface area contributed by atoms with E-state index in [-0.39, 0.29) is 29.3 Å². The van der Waals surface area contributed by atoms with Gasteiger partial charge in [-0.15, -0.1) is 5.10 Å². The largest absolute Gasteiger partial charge is 0.374 e. The van der Waals surface area contributed by atoms with Gasteiger partial charge in [-0.05, 0) is 156 Å². The summed E-state index contributed by atoms with van der Waals surface area (Å²) in [6, 6.07) is 24.8. The summed E-state index contributed by atoms with van der Waals surface area (Å²) in [7, 11) is 0. The fourth-order valence-corrected chi connectivity index (χ4v) is 8.70. The molecule has 8 rings (SSSR count). The number of piperidine rings is 3. The fourth-order valence-electron chi connectivity index (χ4n) is 8.70. The van der Waals surface area contributed by atoms with Crippen LogP contribution in [-0.2, 0) is 28.2 Å². The maximum absolute atomic E-state index is 12.7. The van der Waals surface area contributed by atoms with Gasteiger partial charge in [0, 0.05) is 49.2 Å². The van der Waals surface area contributed by atoms with Crippen molar-refractivity contribution in [2.45, 2.75) is 96.8 Å². The van der Waals surface area contributed by atoms with Crippen LogP contribution in [0, 0.1) is 12.8 Å². The number of rotatable bonds is 13. The lowest BCUT2D eigenvalue weighted by atomic mass is 9.88. The molecule has 14 heteroatoms. The number of aromatic nitrogens is 5. The lowest BCUT2D eigenvalue weighted by Crippen LogP contribution is -2.47. The molecule has 3 aromatic carbocycles. The SMILES string of the molecule is Cc1cc(-c2ccnc(Nc3ccc(CN4CCC(CN5CCC(c6ccc(NC7CCC(=O)NC7=O)cc6)CC5)CC4)cc3)n2)ccc1CNC(=O)c1cn(C(C)(C)C)nn1. The number of imide groups is 1. The Morgan fingerprint density at radius 3 is 2.27 bits per heavy atom. The van der Waals surface area contributed by atoms with Gasteiger partial charge in [-0.3, -0.25) is 24.6 Å². The predicted molar refractivity (Wildman–Crippen MR) is 241 cm³/mol. The molecule has 2 aromatic heterocycles. The maximum Gasteiger partial charge on any atom is 0.273 e. The molecule has 0 bridgehead atoms. The Morgan fingerprint density at radius 2 is 1.58 bits per heavy atom. The molecule has 1 atom stereocenters. The molecule has 5 aromatic rings. The Kier molecular flexibility index (Phi) is 13.1. The average molecular weight is 838 g/mol. The second-order valence-corrected chi connectivity index (χ2v) is 18.2. The van der Waals surface area contributed by atoms with E-state index in [4.69, 9.17) is 4.98 Å². The van der Waals surface area contributed by atoms with E-state index < -0.39 is 0 Å². The Morgan fingerprint density at radius 1 is 0.855 bits per heavy atom. The van der Waals surface area contributed by atoms with E-state index in [2.05, 4.69) is 101 Å². The van der Waals surface area contributed by atoms with Crippen molar-refractivity contribution in [2.24, 2.45) is 5.92 Å². The van der Waals surface area contributed by atoms with Crippen LogP contribution in [0.5, 0.6) is 0 Å². The zero-order chi connectivity index (χ0) is 43.2. The molecule has 3 amide bonds. The van der Waals surface area contributed by atoms with Crippen LogP contribution in [-0.4, -0.2) is 91.2 Å². The summed E-state index contributed by atoms with van der Waals surface area (Å²) in [6.07, 6.45) is 9.16. The van der Waals surface area contributed by atoms with E-state index >= 15 is 0 Å². The second kappa shape index (κ2) is 19.0. The van der Waals surface area contributed by atoms with Crippen LogP contribution in [0.15, 0.2) is 85.2 Å². The number of aryl methyl sites for hydroxylation is 1. The standard InChI is InChI=1S/C48H59N11O3/c1-32-27-37(7-8-38(32)28-50-45(61)43-31-59(56-55-43)48(2,3)4)41-17-22-49-47(53-41)52-40-11-5-33(6-12-40)29-57-23-18-34(19-24-57)30-58-25-20-36(21-26-58)35-9-13-39(14-10-35)51-42-15-16-44(60)54-46(42)62/h5-14,17,22,27,31,34,36,42,51H,15-16,18-21,23-26,28-30H2,1-4H3,(H,50,61)(H,49,52,53)(H,54,60,62). The van der Waals surface area contributed by atoms with Gasteiger partial charge in [-0.1, -0.05) is 41.6 Å². The van der Waals surface area contributed by atoms with E-state index in [0.29, 0.717) is 36.9 Å². The first-order valence-corrected chi connectivity index (χ1v) is 22.1. The minimum atomic E-state index is -0.357. The Balaban J connectivity index is 0.746. The van der Waals surface area contributed by atoms with E-state index in [0.717, 1.165) is 72.4 Å². The smallest absolute Gasteiger partial charge is 0.273 e. The number of benzene rings is 3. The van der Waals surface area contributed by atoms with Crippen molar-refractivity contribution in [2.75, 3.05) is 43.4 Å². The van der Waals surface area contributed by atoms with Gasteiger partial charge in [0.15, 0.2) is 5.69 Å². The Bertz CT molecular complexity index is 2340. The van der Waals surface area contributed by atoms with Gasteiger partial charge in [-0.25, -0.2) is 14.6 Å². The molecule has 3 aliphatic heterocycles. The Labute approximate surface area is 364 Å². The first-order chi connectivity index (χ1) is 29.9. The van der Waals surface area contributed by atoms with Crippen LogP contribution >= 0.6 is 0 Å². The number of nitrogens with one attached hydrogen (secondary N) is 4. The van der Waals surface area contributed by atoms with Crippen LogP contribution in [0.2, 0.25) is 0 Å². The number of hydrogen-bond acceptors (Lipinski definition) is 11. The molecule has 324 valence electrons. The van der Waals surface area contributed by atoms with Crippen molar-refractivity contribution >= 4 is 35.0 Å². The number of anilines is 3. The highest BCUT2D eigenvalue weighted by atomic mass is 16.2. The van der Waals surface area contributed by atoms with Gasteiger partial charge >= 0.3 is 0 Å². The lowest BCUT2D eigenvalue weighted by Gasteiger charge is -2.38. The highest BCUT2D eigenvalue weighted by Gasteiger charge is 2.28. The quantitative estimate of drug-likeness (QED) is 0.0926. The lowest BCUT2D eigenvalue weighted by molar-refractivity contribution is -0.133. The first kappa shape index (κ1) is 42.7. The van der Waals surface area contributed by atoms with Gasteiger partial charge in [0.1, 0.15) is 6.04 Å². The highest BCUT2D eigenvalue weighted by Crippen LogP contribution is 2.31. The zero-order valence-electron chi connectivity index (χ0n) is 36.4. The van der Waals surface area contributed by atoms with Crippen molar-refractivity contribution in [3.8, 4) is 11.3 Å². The van der Waals surface area contributed by atoms with E-state index in [9.17, 15) is 14.4 Å². The third-order valence-corrected chi connectivity index (χ3v) is 12.5. The molecule has 1 unspecified atom stereocenters. The molecule has 5 heterocycles. The molecule has 0 radical (unpaired) electrons. The van der Waals surface area contributed by atoms with E-state index in [1.165, 1.54) is 43.4 Å². The van der Waals surface area contributed by atoms with Crippen LogP contribution in [0.4, 0.5) is 17.3 Å². The molecular weight excluding hydrogens is 779 g/mol. The van der Waals surface area contributed by atoms with Crippen LogP contribution < -0.4 is 21.3 Å². The van der Waals surface area contributed by atoms with Gasteiger partial charge in [0.2, 0.25) is 17.8 Å². The van der Waals surface area contributed by atoms with Gasteiger partial charge < -0.3 is 20.9 Å². The molecule has 4 N–H and O–H groups in total. The number of nitrogens with zero attached hydrogens (tertiary/aromatic N) is 7. The average Bonchev–Trinajstić information content (AvgIpc) is 3.78. The van der Waals surface area contributed by atoms with Gasteiger partial charge in [0.25, 0.3) is 5.91 Å². The predicted octanol–water partition coefficient (Wildman–Crippen LogP) is 6.78. The van der Waals surface area contributed by atoms with Crippen molar-refractivity contribution in [1.29, 1.82) is 0 Å². The number of carbonyl (C=O) groups excluding carboxylic acids is 3. The van der Waals surface area contributed by atoms with Gasteiger partial charge in [0.05, 0.1) is 17.4 Å². The first-order valence-electron chi connectivity index (χ1n) is 22.1. The van der Waals surface area contributed by atoms with Gasteiger partial charge in [-0.2, -0.15) is 0 Å². The van der Waals surface area contributed by atoms with Crippen LogP contribution in [0.25, 0.3) is 11.3 Å².